The predicted octanol–water partition coefficient (Wildman–Crippen LogP) is 4.95. The summed E-state index contributed by atoms with van der Waals surface area (Å²) in [4.78, 5) is 50.5. The normalized spacial score (nSPS) is 25.5. The Bertz CT molecular complexity index is 1670. The Morgan fingerprint density at radius 2 is 1.93 bits per heavy atom. The fourth-order valence-corrected chi connectivity index (χ4v) is 8.05. The summed E-state index contributed by atoms with van der Waals surface area (Å²) in [6, 6.07) is 12.5. The molecule has 4 atom stereocenters. The molecule has 7 rings (SSSR count). The van der Waals surface area contributed by atoms with Crippen LogP contribution < -0.4 is 16.0 Å². The van der Waals surface area contributed by atoms with Crippen LogP contribution in [0.3, 0.4) is 0 Å². The first-order valence-electron chi connectivity index (χ1n) is 16.5. The maximum absolute atomic E-state index is 14.1. The molecule has 2 saturated carbocycles. The molecule has 4 N–H and O–H groups in total. The van der Waals surface area contributed by atoms with E-state index in [4.69, 9.17) is 21.3 Å². The molecule has 3 aromatic rings. The molecule has 0 bridgehead atoms. The van der Waals surface area contributed by atoms with Crippen molar-refractivity contribution in [1.29, 1.82) is 0 Å². The summed E-state index contributed by atoms with van der Waals surface area (Å²) >= 11 is 6.80. The van der Waals surface area contributed by atoms with Gasteiger partial charge in [0.15, 0.2) is 0 Å². The van der Waals surface area contributed by atoms with Crippen molar-refractivity contribution in [3.63, 3.8) is 0 Å². The van der Waals surface area contributed by atoms with E-state index >= 15 is 0 Å². The van der Waals surface area contributed by atoms with Gasteiger partial charge in [-0.25, -0.2) is 9.78 Å². The van der Waals surface area contributed by atoms with Gasteiger partial charge in [-0.1, -0.05) is 49.2 Å². The number of carbonyl (C=O) groups is 3. The molecule has 4 fully saturated rings. The van der Waals surface area contributed by atoms with Crippen molar-refractivity contribution >= 4 is 40.5 Å². The van der Waals surface area contributed by atoms with Gasteiger partial charge in [-0.2, -0.15) is 0 Å². The Kier molecular flexibility index (Phi) is 7.79. The molecule has 0 radical (unpaired) electrons. The Morgan fingerprint density at radius 1 is 1.15 bits per heavy atom. The maximum atomic E-state index is 14.1. The van der Waals surface area contributed by atoms with E-state index in [0.717, 1.165) is 54.3 Å². The van der Waals surface area contributed by atoms with Crippen LogP contribution >= 0.6 is 11.6 Å². The molecule has 4 aliphatic rings. The van der Waals surface area contributed by atoms with Crippen LogP contribution in [0.5, 0.6) is 0 Å². The average Bonchev–Trinajstić information content (AvgIpc) is 3.37. The molecule has 2 aliphatic carbocycles. The highest BCUT2D eigenvalue weighted by Gasteiger charge is 2.55. The quantitative estimate of drug-likeness (QED) is 0.262. The molecule has 1 aromatic heterocycles. The zero-order valence-electron chi connectivity index (χ0n) is 26.7. The summed E-state index contributed by atoms with van der Waals surface area (Å²) in [5, 5.41) is 10.1. The molecular formula is C35H43ClN6O4. The van der Waals surface area contributed by atoms with Gasteiger partial charge in [0.25, 0.3) is 0 Å². The molecule has 2 aliphatic heterocycles. The van der Waals surface area contributed by atoms with Crippen LogP contribution in [-0.2, 0) is 19.7 Å². The number of aromatic nitrogens is 2. The molecule has 10 nitrogen and oxygen atoms in total. The molecule has 2 saturated heterocycles. The largest absolute Gasteiger partial charge is 0.380 e. The lowest BCUT2D eigenvalue weighted by atomic mass is 9.65. The zero-order chi connectivity index (χ0) is 32.3. The first-order chi connectivity index (χ1) is 22.1. The lowest BCUT2D eigenvalue weighted by Crippen LogP contribution is -2.57. The monoisotopic (exact) mass is 646 g/mol. The van der Waals surface area contributed by atoms with Crippen molar-refractivity contribution in [1.82, 2.24) is 30.8 Å². The number of amides is 4. The van der Waals surface area contributed by atoms with E-state index in [1.54, 1.807) is 11.9 Å². The van der Waals surface area contributed by atoms with Crippen molar-refractivity contribution in [2.45, 2.75) is 75.8 Å². The van der Waals surface area contributed by atoms with E-state index in [1.165, 1.54) is 0 Å². The molecule has 2 aromatic carbocycles. The minimum absolute atomic E-state index is 0.0640. The second-order valence-corrected chi connectivity index (χ2v) is 14.6. The Hall–Kier alpha value is -3.63. The number of aromatic amines is 1. The Balaban J connectivity index is 1.25. The number of H-pyrrole nitrogens is 1. The number of benzene rings is 2. The second kappa shape index (κ2) is 11.6. The summed E-state index contributed by atoms with van der Waals surface area (Å²) in [7, 11) is 1.77. The van der Waals surface area contributed by atoms with Gasteiger partial charge >= 0.3 is 6.03 Å². The molecule has 46 heavy (non-hydrogen) atoms. The van der Waals surface area contributed by atoms with E-state index < -0.39 is 17.5 Å². The van der Waals surface area contributed by atoms with Crippen LogP contribution in [0.4, 0.5) is 4.79 Å². The highest BCUT2D eigenvalue weighted by molar-refractivity contribution is 6.31. The molecule has 244 valence electrons. The summed E-state index contributed by atoms with van der Waals surface area (Å²) in [5.74, 6) is 0.242. The van der Waals surface area contributed by atoms with Gasteiger partial charge in [-0.3, -0.25) is 9.59 Å². The van der Waals surface area contributed by atoms with Crippen molar-refractivity contribution in [3.05, 3.63) is 64.4 Å². The fraction of sp³-hybridized carbons (Fsp3) is 0.543. The van der Waals surface area contributed by atoms with Gasteiger partial charge in [0.2, 0.25) is 11.8 Å². The standard InChI is InChI=1S/C35H43ClN6O4/c1-4-42(3)32(45)40-27(26(33(2)14-15-33)22-8-5-6-9-23(22)36)29-38-24-11-10-21(18-25(24)39-29)35(16-17-46-20-35)31(44)41-28-30(43)37-19-34(28)12-7-13-34/h5-6,8-11,18,26-28H,4,7,12-17,19-20H2,1-3H3,(H,37,43)(H,38,39)(H,40,45)(H,41,44)/t26-,27-,28-,35?/m0/s1. The number of hydrogen-bond donors (Lipinski definition) is 4. The van der Waals surface area contributed by atoms with E-state index in [2.05, 4.69) is 27.9 Å². The lowest BCUT2D eigenvalue weighted by molar-refractivity contribution is -0.133. The van der Waals surface area contributed by atoms with Crippen LogP contribution in [0.25, 0.3) is 11.0 Å². The number of urea groups is 1. The zero-order valence-corrected chi connectivity index (χ0v) is 27.5. The minimum atomic E-state index is -0.924. The Morgan fingerprint density at radius 3 is 2.59 bits per heavy atom. The second-order valence-electron chi connectivity index (χ2n) is 14.2. The van der Waals surface area contributed by atoms with Crippen LogP contribution in [0.2, 0.25) is 5.02 Å². The van der Waals surface area contributed by atoms with Crippen molar-refractivity contribution in [2.75, 3.05) is 33.4 Å². The van der Waals surface area contributed by atoms with Crippen LogP contribution in [0.15, 0.2) is 42.5 Å². The number of carbonyl (C=O) groups excluding carboxylic acids is 3. The first-order valence-corrected chi connectivity index (χ1v) is 16.9. The molecule has 1 unspecified atom stereocenters. The smallest absolute Gasteiger partial charge is 0.317 e. The maximum Gasteiger partial charge on any atom is 0.317 e. The minimum Gasteiger partial charge on any atom is -0.380 e. The van der Waals surface area contributed by atoms with E-state index in [0.29, 0.717) is 37.0 Å². The average molecular weight is 647 g/mol. The fourth-order valence-electron chi connectivity index (χ4n) is 7.80. The summed E-state index contributed by atoms with van der Waals surface area (Å²) < 4.78 is 5.84. The molecule has 4 amide bonds. The first kappa shape index (κ1) is 31.0. The highest BCUT2D eigenvalue weighted by Crippen LogP contribution is 2.60. The number of ether oxygens (including phenoxy) is 1. The molecule has 1 spiro atoms. The van der Waals surface area contributed by atoms with Gasteiger partial charge in [0, 0.05) is 43.1 Å². The number of hydrogen-bond acceptors (Lipinski definition) is 5. The summed E-state index contributed by atoms with van der Waals surface area (Å²) in [6.07, 6.45) is 5.48. The van der Waals surface area contributed by atoms with Gasteiger partial charge in [0.05, 0.1) is 29.1 Å². The van der Waals surface area contributed by atoms with Gasteiger partial charge in [-0.05, 0) is 73.8 Å². The lowest BCUT2D eigenvalue weighted by Gasteiger charge is -2.42. The number of rotatable bonds is 9. The number of imidazole rings is 1. The van der Waals surface area contributed by atoms with Gasteiger partial charge in [-0.15, -0.1) is 0 Å². The SMILES string of the molecule is CCN(C)C(=O)N[C@H](c1nc2ccc(C3(C(=O)N[C@H]4C(=O)NCC45CCC5)CCOC3)cc2[nH]1)[C@H](c1ccccc1Cl)C1(C)CC1. The van der Waals surface area contributed by atoms with E-state index in [1.807, 2.05) is 49.4 Å². The molecule has 11 heteroatoms. The van der Waals surface area contributed by atoms with Crippen LogP contribution in [0, 0.1) is 10.8 Å². The number of nitrogens with one attached hydrogen (secondary N) is 4. The number of halogens is 1. The number of fused-ring (bicyclic) bond motifs is 1. The third-order valence-electron chi connectivity index (χ3n) is 11.4. The Labute approximate surface area is 274 Å². The van der Waals surface area contributed by atoms with Crippen LogP contribution in [0.1, 0.15) is 81.3 Å². The van der Waals surface area contributed by atoms with Crippen LogP contribution in [-0.4, -0.2) is 72.1 Å². The summed E-state index contributed by atoms with van der Waals surface area (Å²) in [6.45, 7) is 6.05. The van der Waals surface area contributed by atoms with E-state index in [-0.39, 0.29) is 41.2 Å². The topological polar surface area (TPSA) is 128 Å². The molecule has 3 heterocycles. The van der Waals surface area contributed by atoms with Gasteiger partial charge in [0.1, 0.15) is 11.9 Å². The summed E-state index contributed by atoms with van der Waals surface area (Å²) in [5.41, 5.74) is 2.12. The number of nitrogens with zero attached hydrogens (tertiary/aromatic N) is 2. The van der Waals surface area contributed by atoms with Gasteiger partial charge < -0.3 is 30.6 Å². The third kappa shape index (κ3) is 5.14. The molecular weight excluding hydrogens is 604 g/mol. The van der Waals surface area contributed by atoms with Crippen molar-refractivity contribution in [2.24, 2.45) is 10.8 Å². The van der Waals surface area contributed by atoms with Crippen molar-refractivity contribution < 1.29 is 19.1 Å². The van der Waals surface area contributed by atoms with E-state index in [9.17, 15) is 14.4 Å². The highest BCUT2D eigenvalue weighted by atomic mass is 35.5. The predicted molar refractivity (Wildman–Crippen MR) is 176 cm³/mol. The van der Waals surface area contributed by atoms with Crippen molar-refractivity contribution in [3.8, 4) is 0 Å². The third-order valence-corrected chi connectivity index (χ3v) is 11.7.